The molecule has 0 aliphatic carbocycles. The average molecular weight is 451 g/mol. The highest BCUT2D eigenvalue weighted by Crippen LogP contribution is 2.42. The summed E-state index contributed by atoms with van der Waals surface area (Å²) < 4.78 is 16.4. The lowest BCUT2D eigenvalue weighted by Gasteiger charge is -2.17. The summed E-state index contributed by atoms with van der Waals surface area (Å²) in [5.41, 5.74) is 3.40. The molecule has 0 atom stereocenters. The Bertz CT molecular complexity index is 1130. The van der Waals surface area contributed by atoms with Crippen LogP contribution in [0.1, 0.15) is 25.0 Å². The third-order valence-corrected chi connectivity index (χ3v) is 5.54. The molecular weight excluding hydrogens is 424 g/mol. The molecule has 0 radical (unpaired) electrons. The van der Waals surface area contributed by atoms with Gasteiger partial charge in [-0.25, -0.2) is 9.97 Å². The number of hydrogen-bond acceptors (Lipinski definition) is 8. The predicted octanol–water partition coefficient (Wildman–Crippen LogP) is 5.59. The van der Waals surface area contributed by atoms with Crippen LogP contribution >= 0.6 is 11.8 Å². The van der Waals surface area contributed by atoms with E-state index in [4.69, 9.17) is 19.2 Å². The Kier molecular flexibility index (Phi) is 7.44. The number of thioether (sulfide) groups is 1. The molecule has 2 aromatic carbocycles. The third-order valence-electron chi connectivity index (χ3n) is 4.68. The summed E-state index contributed by atoms with van der Waals surface area (Å²) in [5.74, 6) is 1.89. The molecule has 3 aromatic rings. The van der Waals surface area contributed by atoms with Gasteiger partial charge in [-0.3, -0.25) is 0 Å². The average Bonchev–Trinajstić information content (AvgIpc) is 2.78. The fourth-order valence-electron chi connectivity index (χ4n) is 3.17. The summed E-state index contributed by atoms with van der Waals surface area (Å²) >= 11 is 1.52. The first-order valence-electron chi connectivity index (χ1n) is 10.0. The second-order valence-corrected chi connectivity index (χ2v) is 8.75. The number of anilines is 2. The smallest absolute Gasteiger partial charge is 0.203 e. The minimum atomic E-state index is 0.266. The van der Waals surface area contributed by atoms with Crippen LogP contribution in [0.2, 0.25) is 0 Å². The van der Waals surface area contributed by atoms with Gasteiger partial charge in [0.2, 0.25) is 5.75 Å². The molecule has 7 nitrogen and oxygen atoms in total. The van der Waals surface area contributed by atoms with E-state index in [-0.39, 0.29) is 5.25 Å². The number of nitrogens with one attached hydrogen (secondary N) is 1. The van der Waals surface area contributed by atoms with Crippen LogP contribution in [0.5, 0.6) is 17.2 Å². The molecule has 1 aromatic heterocycles. The number of methoxy groups -OCH3 is 3. The Balaban J connectivity index is 2.25. The summed E-state index contributed by atoms with van der Waals surface area (Å²) in [4.78, 5) is 9.38. The number of aromatic nitrogens is 2. The van der Waals surface area contributed by atoms with Crippen LogP contribution in [-0.2, 0) is 0 Å². The second-order valence-electron chi connectivity index (χ2n) is 7.21. The van der Waals surface area contributed by atoms with Crippen LogP contribution in [0.25, 0.3) is 11.3 Å². The molecule has 8 heteroatoms. The minimum absolute atomic E-state index is 0.266. The van der Waals surface area contributed by atoms with Crippen LogP contribution in [0.15, 0.2) is 41.6 Å². The van der Waals surface area contributed by atoms with Crippen molar-refractivity contribution in [2.75, 3.05) is 26.6 Å². The van der Waals surface area contributed by atoms with Crippen LogP contribution in [-0.4, -0.2) is 36.5 Å². The molecule has 3 rings (SSSR count). The van der Waals surface area contributed by atoms with E-state index in [1.807, 2.05) is 31.2 Å². The van der Waals surface area contributed by atoms with Gasteiger partial charge in [0.1, 0.15) is 11.6 Å². The second kappa shape index (κ2) is 10.2. The van der Waals surface area contributed by atoms with Gasteiger partial charge < -0.3 is 19.5 Å². The van der Waals surface area contributed by atoms with Crippen molar-refractivity contribution in [2.24, 2.45) is 0 Å². The summed E-state index contributed by atoms with van der Waals surface area (Å²) in [5, 5.41) is 14.2. The van der Waals surface area contributed by atoms with Crippen LogP contribution in [0.3, 0.4) is 0 Å². The maximum atomic E-state index is 10.1. The van der Waals surface area contributed by atoms with Gasteiger partial charge in [0.25, 0.3) is 0 Å². The number of nitrogens with zero attached hydrogens (tertiary/aromatic N) is 3. The molecule has 1 heterocycles. The van der Waals surface area contributed by atoms with Crippen LogP contribution < -0.4 is 19.5 Å². The molecule has 0 saturated carbocycles. The number of hydrogen-bond donors (Lipinski definition) is 1. The Morgan fingerprint density at radius 2 is 1.66 bits per heavy atom. The van der Waals surface area contributed by atoms with Gasteiger partial charge in [0.05, 0.1) is 27.0 Å². The predicted molar refractivity (Wildman–Crippen MR) is 127 cm³/mol. The SMILES string of the molecule is COc1cc(-c2nc(SC(C)C)nc(Nc3ccccc3C)c2C#N)cc(OC)c1OC. The summed E-state index contributed by atoms with van der Waals surface area (Å²) in [7, 11) is 4.65. The Labute approximate surface area is 192 Å². The maximum Gasteiger partial charge on any atom is 0.203 e. The largest absolute Gasteiger partial charge is 0.493 e. The lowest BCUT2D eigenvalue weighted by molar-refractivity contribution is 0.324. The highest BCUT2D eigenvalue weighted by molar-refractivity contribution is 7.99. The third kappa shape index (κ3) is 4.89. The maximum absolute atomic E-state index is 10.1. The zero-order valence-corrected chi connectivity index (χ0v) is 19.8. The first-order chi connectivity index (χ1) is 15.4. The molecule has 1 N–H and O–H groups in total. The molecule has 0 amide bonds. The van der Waals surface area contributed by atoms with Gasteiger partial charge in [-0.15, -0.1) is 0 Å². The van der Waals surface area contributed by atoms with Gasteiger partial charge in [-0.2, -0.15) is 5.26 Å². The highest BCUT2D eigenvalue weighted by Gasteiger charge is 2.21. The normalized spacial score (nSPS) is 10.6. The molecule has 0 saturated heterocycles. The van der Waals surface area contributed by atoms with Crippen molar-refractivity contribution in [3.8, 4) is 34.6 Å². The van der Waals surface area contributed by atoms with Crippen molar-refractivity contribution in [3.05, 3.63) is 47.5 Å². The molecule has 0 fully saturated rings. The quantitative estimate of drug-likeness (QED) is 0.351. The van der Waals surface area contributed by atoms with Crippen molar-refractivity contribution in [2.45, 2.75) is 31.2 Å². The standard InChI is InChI=1S/C24H26N4O3S/c1-14(2)32-24-27-21(16-11-19(29-4)22(31-6)20(12-16)30-5)17(13-25)23(28-24)26-18-10-8-7-9-15(18)3/h7-12,14H,1-6H3,(H,26,27,28). The summed E-state index contributed by atoms with van der Waals surface area (Å²) in [6.45, 7) is 6.14. The van der Waals surface area contributed by atoms with Crippen molar-refractivity contribution in [1.29, 1.82) is 5.26 Å². The number of aryl methyl sites for hydroxylation is 1. The van der Waals surface area contributed by atoms with E-state index in [0.717, 1.165) is 11.3 Å². The number of para-hydroxylation sites is 1. The van der Waals surface area contributed by atoms with E-state index in [1.54, 1.807) is 33.5 Å². The van der Waals surface area contributed by atoms with Gasteiger partial charge in [0.15, 0.2) is 22.5 Å². The van der Waals surface area contributed by atoms with Gasteiger partial charge in [0, 0.05) is 16.5 Å². The lowest BCUT2D eigenvalue weighted by Crippen LogP contribution is -2.06. The minimum Gasteiger partial charge on any atom is -0.493 e. The molecule has 32 heavy (non-hydrogen) atoms. The summed E-state index contributed by atoms with van der Waals surface area (Å²) in [6.07, 6.45) is 0. The van der Waals surface area contributed by atoms with E-state index in [0.29, 0.717) is 45.0 Å². The van der Waals surface area contributed by atoms with E-state index in [1.165, 1.54) is 11.8 Å². The van der Waals surface area contributed by atoms with E-state index in [2.05, 4.69) is 30.2 Å². The topological polar surface area (TPSA) is 89.3 Å². The molecule has 0 spiro atoms. The lowest BCUT2D eigenvalue weighted by atomic mass is 10.1. The molecule has 0 aliphatic heterocycles. The molecule has 0 bridgehead atoms. The van der Waals surface area contributed by atoms with Gasteiger partial charge in [-0.05, 0) is 30.7 Å². The molecule has 0 aliphatic rings. The first-order valence-corrected chi connectivity index (χ1v) is 10.9. The number of nitriles is 1. The summed E-state index contributed by atoms with van der Waals surface area (Å²) in [6, 6.07) is 13.7. The van der Waals surface area contributed by atoms with Crippen molar-refractivity contribution in [1.82, 2.24) is 9.97 Å². The molecular formula is C24H26N4O3S. The Morgan fingerprint density at radius 1 is 1.00 bits per heavy atom. The highest BCUT2D eigenvalue weighted by atomic mass is 32.2. The zero-order chi connectivity index (χ0) is 23.3. The number of ether oxygens (including phenoxy) is 3. The Hall–Kier alpha value is -3.44. The number of rotatable bonds is 8. The van der Waals surface area contributed by atoms with Gasteiger partial charge in [-0.1, -0.05) is 43.8 Å². The van der Waals surface area contributed by atoms with E-state index in [9.17, 15) is 5.26 Å². The van der Waals surface area contributed by atoms with Crippen LogP contribution in [0.4, 0.5) is 11.5 Å². The molecule has 166 valence electrons. The van der Waals surface area contributed by atoms with Crippen LogP contribution in [0, 0.1) is 18.3 Å². The fourth-order valence-corrected chi connectivity index (χ4v) is 3.88. The Morgan fingerprint density at radius 3 is 2.19 bits per heavy atom. The van der Waals surface area contributed by atoms with Crippen molar-refractivity contribution in [3.63, 3.8) is 0 Å². The zero-order valence-electron chi connectivity index (χ0n) is 19.0. The van der Waals surface area contributed by atoms with Crippen molar-refractivity contribution < 1.29 is 14.2 Å². The van der Waals surface area contributed by atoms with E-state index < -0.39 is 0 Å². The number of benzene rings is 2. The van der Waals surface area contributed by atoms with Crippen molar-refractivity contribution >= 4 is 23.3 Å². The fraction of sp³-hybridized carbons (Fsp3) is 0.292. The first kappa shape index (κ1) is 23.2. The van der Waals surface area contributed by atoms with E-state index >= 15 is 0 Å². The molecule has 0 unspecified atom stereocenters. The monoisotopic (exact) mass is 450 g/mol. The van der Waals surface area contributed by atoms with Gasteiger partial charge >= 0.3 is 0 Å².